The zero-order valence-corrected chi connectivity index (χ0v) is 16.1. The lowest BCUT2D eigenvalue weighted by Crippen LogP contribution is -2.31. The van der Waals surface area contributed by atoms with E-state index in [0.717, 1.165) is 12.1 Å². The molecule has 7 nitrogen and oxygen atoms in total. The third-order valence-electron chi connectivity index (χ3n) is 5.13. The summed E-state index contributed by atoms with van der Waals surface area (Å²) in [7, 11) is 1.27. The van der Waals surface area contributed by atoms with Crippen LogP contribution in [0, 0.1) is 5.82 Å². The number of benzene rings is 2. The molecule has 2 aromatic carbocycles. The van der Waals surface area contributed by atoms with Gasteiger partial charge in [-0.3, -0.25) is 9.59 Å². The van der Waals surface area contributed by atoms with Crippen molar-refractivity contribution in [3.05, 3.63) is 81.0 Å². The first-order chi connectivity index (χ1) is 14.5. The molecule has 1 aliphatic heterocycles. The third kappa shape index (κ3) is 3.15. The lowest BCUT2D eigenvalue weighted by atomic mass is 9.97. The van der Waals surface area contributed by atoms with Gasteiger partial charge in [0, 0.05) is 13.2 Å². The van der Waals surface area contributed by atoms with Gasteiger partial charge in [0.05, 0.1) is 29.7 Å². The second-order valence-electron chi connectivity index (χ2n) is 6.91. The predicted molar refractivity (Wildman–Crippen MR) is 105 cm³/mol. The summed E-state index contributed by atoms with van der Waals surface area (Å²) < 4.78 is 24.1. The second-order valence-corrected chi connectivity index (χ2v) is 6.91. The number of carbonyl (C=O) groups is 2. The fraction of sp³-hybridized carbons (Fsp3) is 0.227. The number of aliphatic hydroxyl groups excluding tert-OH is 1. The Balaban J connectivity index is 1.90. The number of hydrogen-bond donors (Lipinski definition) is 1. The first kappa shape index (κ1) is 19.8. The molecule has 1 aromatic heterocycles. The molecule has 1 N–H and O–H groups in total. The summed E-state index contributed by atoms with van der Waals surface area (Å²) in [6.07, 6.45) is 0.304. The summed E-state index contributed by atoms with van der Waals surface area (Å²) >= 11 is 0. The molecule has 1 amide bonds. The van der Waals surface area contributed by atoms with Crippen LogP contribution in [0.25, 0.3) is 11.0 Å². The molecule has 154 valence electrons. The van der Waals surface area contributed by atoms with Gasteiger partial charge in [-0.25, -0.2) is 9.18 Å². The standard InChI is InChI=1S/C22H18FNO6/c1-29-22(28)13-5-3-12(4-6-13)18-17-19(26)15-11-14(23)7-8-16(15)30-20(17)21(27)24(18)9-2-10-25/h3-8,11,18,25H,2,9-10H2,1H3. The van der Waals surface area contributed by atoms with Gasteiger partial charge in [0.2, 0.25) is 5.76 Å². The number of carbonyl (C=O) groups excluding carboxylic acids is 2. The third-order valence-corrected chi connectivity index (χ3v) is 5.13. The van der Waals surface area contributed by atoms with Crippen LogP contribution in [0.1, 0.15) is 44.5 Å². The maximum Gasteiger partial charge on any atom is 0.337 e. The first-order valence-electron chi connectivity index (χ1n) is 9.32. The maximum atomic E-state index is 13.7. The fourth-order valence-electron chi connectivity index (χ4n) is 3.73. The summed E-state index contributed by atoms with van der Waals surface area (Å²) in [5.74, 6) is -1.68. The Morgan fingerprint density at radius 3 is 2.60 bits per heavy atom. The number of methoxy groups -OCH3 is 1. The van der Waals surface area contributed by atoms with E-state index < -0.39 is 29.2 Å². The topological polar surface area (TPSA) is 97.0 Å². The van der Waals surface area contributed by atoms with E-state index in [1.165, 1.54) is 30.2 Å². The zero-order chi connectivity index (χ0) is 21.4. The van der Waals surface area contributed by atoms with Crippen LogP contribution in [0.4, 0.5) is 4.39 Å². The minimum Gasteiger partial charge on any atom is -0.465 e. The molecule has 0 aliphatic carbocycles. The minimum absolute atomic E-state index is 0.0433. The average molecular weight is 411 g/mol. The van der Waals surface area contributed by atoms with Gasteiger partial charge in [-0.2, -0.15) is 0 Å². The van der Waals surface area contributed by atoms with Crippen LogP contribution in [-0.4, -0.2) is 42.1 Å². The molecule has 2 heterocycles. The number of ether oxygens (including phenoxy) is 1. The Bertz CT molecular complexity index is 1200. The van der Waals surface area contributed by atoms with Crippen LogP contribution >= 0.6 is 0 Å². The van der Waals surface area contributed by atoms with Crippen LogP contribution in [0.3, 0.4) is 0 Å². The van der Waals surface area contributed by atoms with E-state index in [2.05, 4.69) is 0 Å². The largest absolute Gasteiger partial charge is 0.465 e. The second kappa shape index (κ2) is 7.72. The average Bonchev–Trinajstić information content (AvgIpc) is 3.04. The normalized spacial score (nSPS) is 15.5. The number of rotatable bonds is 5. The van der Waals surface area contributed by atoms with Crippen molar-refractivity contribution in [2.24, 2.45) is 0 Å². The number of esters is 1. The number of nitrogens with zero attached hydrogens (tertiary/aromatic N) is 1. The van der Waals surface area contributed by atoms with Gasteiger partial charge >= 0.3 is 5.97 Å². The van der Waals surface area contributed by atoms with E-state index in [-0.39, 0.29) is 35.4 Å². The van der Waals surface area contributed by atoms with Crippen molar-refractivity contribution in [3.63, 3.8) is 0 Å². The van der Waals surface area contributed by atoms with Gasteiger partial charge < -0.3 is 19.2 Å². The highest BCUT2D eigenvalue weighted by molar-refractivity contribution is 5.99. The summed E-state index contributed by atoms with van der Waals surface area (Å²) in [6.45, 7) is 0.0514. The molecule has 4 rings (SSSR count). The van der Waals surface area contributed by atoms with Crippen molar-refractivity contribution in [1.29, 1.82) is 0 Å². The Kier molecular flexibility index (Phi) is 5.09. The molecular formula is C22H18FNO6. The van der Waals surface area contributed by atoms with Crippen molar-refractivity contribution in [2.45, 2.75) is 12.5 Å². The quantitative estimate of drug-likeness (QED) is 0.649. The van der Waals surface area contributed by atoms with Crippen molar-refractivity contribution in [3.8, 4) is 0 Å². The number of fused-ring (bicyclic) bond motifs is 2. The molecular weight excluding hydrogens is 393 g/mol. The molecule has 1 atom stereocenters. The lowest BCUT2D eigenvalue weighted by molar-refractivity contribution is 0.0599. The van der Waals surface area contributed by atoms with Crippen molar-refractivity contribution in [2.75, 3.05) is 20.3 Å². The smallest absolute Gasteiger partial charge is 0.337 e. The van der Waals surface area contributed by atoms with E-state index in [1.807, 2.05) is 0 Å². The van der Waals surface area contributed by atoms with Gasteiger partial charge in [0.15, 0.2) is 5.43 Å². The van der Waals surface area contributed by atoms with Crippen LogP contribution in [0.2, 0.25) is 0 Å². The number of hydrogen-bond acceptors (Lipinski definition) is 6. The SMILES string of the molecule is COC(=O)c1ccc(C2c3c(oc4ccc(F)cc4c3=O)C(=O)N2CCCO)cc1. The molecule has 0 bridgehead atoms. The molecule has 0 fully saturated rings. The number of aliphatic hydroxyl groups is 1. The highest BCUT2D eigenvalue weighted by Gasteiger charge is 2.42. The van der Waals surface area contributed by atoms with Crippen molar-refractivity contribution < 1.29 is 28.2 Å². The van der Waals surface area contributed by atoms with Crippen molar-refractivity contribution in [1.82, 2.24) is 4.90 Å². The van der Waals surface area contributed by atoms with Gasteiger partial charge in [0.25, 0.3) is 5.91 Å². The van der Waals surface area contributed by atoms with E-state index in [9.17, 15) is 23.9 Å². The highest BCUT2D eigenvalue weighted by Crippen LogP contribution is 2.38. The van der Waals surface area contributed by atoms with E-state index in [0.29, 0.717) is 17.5 Å². The van der Waals surface area contributed by atoms with Gasteiger partial charge in [0.1, 0.15) is 11.4 Å². The number of halogens is 1. The minimum atomic E-state index is -0.783. The maximum absolute atomic E-state index is 13.7. The summed E-state index contributed by atoms with van der Waals surface area (Å²) in [5, 5.41) is 9.28. The summed E-state index contributed by atoms with van der Waals surface area (Å²) in [4.78, 5) is 39.4. The Labute approximate surface area is 170 Å². The van der Waals surface area contributed by atoms with Gasteiger partial charge in [-0.1, -0.05) is 12.1 Å². The van der Waals surface area contributed by atoms with E-state index >= 15 is 0 Å². The monoisotopic (exact) mass is 411 g/mol. The molecule has 0 saturated carbocycles. The highest BCUT2D eigenvalue weighted by atomic mass is 19.1. The van der Waals surface area contributed by atoms with Crippen molar-refractivity contribution >= 4 is 22.8 Å². The predicted octanol–water partition coefficient (Wildman–Crippen LogP) is 2.65. The van der Waals surface area contributed by atoms with Crippen LogP contribution in [0.5, 0.6) is 0 Å². The molecule has 8 heteroatoms. The molecule has 0 radical (unpaired) electrons. The van der Waals surface area contributed by atoms with E-state index in [1.54, 1.807) is 12.1 Å². The Morgan fingerprint density at radius 1 is 1.20 bits per heavy atom. The molecule has 1 aliphatic rings. The molecule has 30 heavy (non-hydrogen) atoms. The van der Waals surface area contributed by atoms with E-state index in [4.69, 9.17) is 9.15 Å². The van der Waals surface area contributed by atoms with Crippen LogP contribution in [-0.2, 0) is 4.74 Å². The van der Waals surface area contributed by atoms with Gasteiger partial charge in [-0.05, 0) is 42.3 Å². The lowest BCUT2D eigenvalue weighted by Gasteiger charge is -2.25. The molecule has 1 unspecified atom stereocenters. The summed E-state index contributed by atoms with van der Waals surface area (Å²) in [5.41, 5.74) is 0.642. The Hall–Kier alpha value is -3.52. The summed E-state index contributed by atoms with van der Waals surface area (Å²) in [6, 6.07) is 9.10. The molecule has 3 aromatic rings. The van der Waals surface area contributed by atoms with Crippen LogP contribution in [0.15, 0.2) is 51.7 Å². The van der Waals surface area contributed by atoms with Gasteiger partial charge in [-0.15, -0.1) is 0 Å². The Morgan fingerprint density at radius 2 is 1.93 bits per heavy atom. The molecule has 0 saturated heterocycles. The first-order valence-corrected chi connectivity index (χ1v) is 9.32. The zero-order valence-electron chi connectivity index (χ0n) is 16.1. The van der Waals surface area contributed by atoms with Crippen LogP contribution < -0.4 is 5.43 Å². The number of amides is 1. The molecule has 0 spiro atoms. The fourth-order valence-corrected chi connectivity index (χ4v) is 3.73.